The first kappa shape index (κ1) is 13.9. The second-order valence-electron chi connectivity index (χ2n) is 4.39. The van der Waals surface area contributed by atoms with E-state index in [0.717, 1.165) is 18.2 Å². The number of benzene rings is 1. The summed E-state index contributed by atoms with van der Waals surface area (Å²) in [4.78, 5) is 15.9. The zero-order valence-electron chi connectivity index (χ0n) is 11.1. The lowest BCUT2D eigenvalue weighted by Gasteiger charge is -2.04. The van der Waals surface area contributed by atoms with Crippen LogP contribution in [0, 0.1) is 11.6 Å². The van der Waals surface area contributed by atoms with Crippen molar-refractivity contribution in [2.24, 2.45) is 0 Å². The van der Waals surface area contributed by atoms with Crippen molar-refractivity contribution < 1.29 is 18.0 Å². The number of furan rings is 1. The molecule has 3 rings (SSSR count). The normalized spacial score (nSPS) is 10.6. The van der Waals surface area contributed by atoms with Crippen molar-refractivity contribution in [2.75, 3.05) is 0 Å². The molecule has 0 bridgehead atoms. The third kappa shape index (κ3) is 2.85. The molecule has 3 aromatic rings. The maximum Gasteiger partial charge on any atom is 0.254 e. The molecule has 0 aliphatic rings. The molecule has 0 saturated carbocycles. The predicted molar refractivity (Wildman–Crippen MR) is 71.6 cm³/mol. The fourth-order valence-electron chi connectivity index (χ4n) is 1.82. The highest BCUT2D eigenvalue weighted by molar-refractivity contribution is 5.94. The third-order valence-electron chi connectivity index (χ3n) is 2.86. The van der Waals surface area contributed by atoms with Gasteiger partial charge in [-0.2, -0.15) is 0 Å². The van der Waals surface area contributed by atoms with Gasteiger partial charge >= 0.3 is 0 Å². The van der Waals surface area contributed by atoms with Crippen LogP contribution in [0.5, 0.6) is 0 Å². The molecule has 0 radical (unpaired) electrons. The average molecular weight is 304 g/mol. The molecule has 0 fully saturated rings. The average Bonchev–Trinajstić information content (AvgIpc) is 3.17. The molecule has 6 nitrogen and oxygen atoms in total. The molecule has 0 unspecified atom stereocenters. The van der Waals surface area contributed by atoms with Crippen molar-refractivity contribution in [1.29, 1.82) is 0 Å². The minimum Gasteiger partial charge on any atom is -0.461 e. The molecule has 22 heavy (non-hydrogen) atoms. The summed E-state index contributed by atoms with van der Waals surface area (Å²) in [6.45, 7) is -0.0114. The Hall–Kier alpha value is -3.03. The summed E-state index contributed by atoms with van der Waals surface area (Å²) in [6, 6.07) is 6.05. The maximum absolute atomic E-state index is 13.5. The van der Waals surface area contributed by atoms with Crippen LogP contribution in [0.25, 0.3) is 11.6 Å². The summed E-state index contributed by atoms with van der Waals surface area (Å²) in [6.07, 6.45) is 1.49. The molecule has 1 amide bonds. The summed E-state index contributed by atoms with van der Waals surface area (Å²) in [5, 5.41) is 8.98. The second-order valence-corrected chi connectivity index (χ2v) is 4.39. The topological polar surface area (TPSA) is 83.8 Å². The van der Waals surface area contributed by atoms with Gasteiger partial charge in [0.25, 0.3) is 5.91 Å². The quantitative estimate of drug-likeness (QED) is 0.774. The number of carbonyl (C=O) groups is 1. The summed E-state index contributed by atoms with van der Waals surface area (Å²) in [7, 11) is 0. The van der Waals surface area contributed by atoms with Crippen molar-refractivity contribution in [3.63, 3.8) is 0 Å². The van der Waals surface area contributed by atoms with Gasteiger partial charge in [-0.1, -0.05) is 0 Å². The number of hydrogen-bond donors (Lipinski definition) is 2. The van der Waals surface area contributed by atoms with Crippen LogP contribution in [0.3, 0.4) is 0 Å². The number of nitrogens with zero attached hydrogens (tertiary/aromatic N) is 2. The van der Waals surface area contributed by atoms with Crippen LogP contribution in [-0.2, 0) is 6.54 Å². The van der Waals surface area contributed by atoms with Crippen LogP contribution in [0.1, 0.15) is 16.2 Å². The second kappa shape index (κ2) is 5.76. The molecule has 2 N–H and O–H groups in total. The van der Waals surface area contributed by atoms with Gasteiger partial charge in [-0.25, -0.2) is 13.8 Å². The molecule has 0 aliphatic carbocycles. The highest BCUT2D eigenvalue weighted by Crippen LogP contribution is 2.14. The largest absolute Gasteiger partial charge is 0.461 e. The van der Waals surface area contributed by atoms with Crippen LogP contribution in [-0.4, -0.2) is 21.1 Å². The number of rotatable bonds is 4. The predicted octanol–water partition coefficient (Wildman–Crippen LogP) is 2.27. The van der Waals surface area contributed by atoms with E-state index in [9.17, 15) is 13.6 Å². The van der Waals surface area contributed by atoms with Crippen LogP contribution in [0.15, 0.2) is 41.0 Å². The van der Waals surface area contributed by atoms with Gasteiger partial charge in [0.1, 0.15) is 17.5 Å². The lowest BCUT2D eigenvalue weighted by atomic mass is 10.2. The molecule has 2 aromatic heterocycles. The monoisotopic (exact) mass is 304 g/mol. The fourth-order valence-corrected chi connectivity index (χ4v) is 1.82. The smallest absolute Gasteiger partial charge is 0.254 e. The van der Waals surface area contributed by atoms with Gasteiger partial charge in [0.05, 0.1) is 18.4 Å². The number of halogens is 2. The van der Waals surface area contributed by atoms with Crippen molar-refractivity contribution >= 4 is 5.91 Å². The Labute approximate surface area is 123 Å². The van der Waals surface area contributed by atoms with Gasteiger partial charge in [-0.3, -0.25) is 9.89 Å². The molecule has 2 heterocycles. The van der Waals surface area contributed by atoms with E-state index in [0.29, 0.717) is 17.4 Å². The lowest BCUT2D eigenvalue weighted by Crippen LogP contribution is -2.24. The molecule has 8 heteroatoms. The number of amides is 1. The molecule has 0 atom stereocenters. The van der Waals surface area contributed by atoms with Gasteiger partial charge in [0.15, 0.2) is 5.76 Å². The Morgan fingerprint density at radius 3 is 2.95 bits per heavy atom. The summed E-state index contributed by atoms with van der Waals surface area (Å²) in [5.74, 6) is -1.06. The van der Waals surface area contributed by atoms with Crippen LogP contribution in [0.4, 0.5) is 8.78 Å². The first-order valence-electron chi connectivity index (χ1n) is 6.32. The zero-order chi connectivity index (χ0) is 15.5. The number of aromatic amines is 1. The van der Waals surface area contributed by atoms with E-state index in [1.54, 1.807) is 12.1 Å². The standard InChI is InChI=1S/C14H10F2N4O2/c15-8-3-4-10(16)9(6-8)14(21)17-7-12-18-13(20-19-12)11-2-1-5-22-11/h1-6H,7H2,(H,17,21)(H,18,19,20). The molecule has 0 spiro atoms. The van der Waals surface area contributed by atoms with Gasteiger partial charge in [0.2, 0.25) is 5.82 Å². The SMILES string of the molecule is O=C(NCc1nc(-c2ccco2)n[nH]1)c1cc(F)ccc1F. The van der Waals surface area contributed by atoms with E-state index in [1.807, 2.05) is 0 Å². The summed E-state index contributed by atoms with van der Waals surface area (Å²) < 4.78 is 31.6. The van der Waals surface area contributed by atoms with E-state index in [4.69, 9.17) is 4.42 Å². The first-order valence-corrected chi connectivity index (χ1v) is 6.32. The van der Waals surface area contributed by atoms with Gasteiger partial charge in [0, 0.05) is 0 Å². The Kier molecular flexibility index (Phi) is 3.65. The number of hydrogen-bond acceptors (Lipinski definition) is 4. The Balaban J connectivity index is 1.67. The molecular weight excluding hydrogens is 294 g/mol. The van der Waals surface area contributed by atoms with Crippen LogP contribution >= 0.6 is 0 Å². The van der Waals surface area contributed by atoms with Crippen LogP contribution < -0.4 is 5.32 Å². The first-order chi connectivity index (χ1) is 10.6. The highest BCUT2D eigenvalue weighted by atomic mass is 19.1. The maximum atomic E-state index is 13.5. The van der Waals surface area contributed by atoms with E-state index in [1.165, 1.54) is 6.26 Å². The summed E-state index contributed by atoms with van der Waals surface area (Å²) in [5.41, 5.74) is -0.370. The number of carbonyl (C=O) groups excluding carboxylic acids is 1. The van der Waals surface area contributed by atoms with Gasteiger partial charge in [-0.15, -0.1) is 5.10 Å². The van der Waals surface area contributed by atoms with E-state index < -0.39 is 17.5 Å². The molecule has 0 aliphatic heterocycles. The molecule has 1 aromatic carbocycles. The highest BCUT2D eigenvalue weighted by Gasteiger charge is 2.14. The Bertz CT molecular complexity index is 799. The van der Waals surface area contributed by atoms with Gasteiger partial charge in [-0.05, 0) is 30.3 Å². The molecular formula is C14H10F2N4O2. The summed E-state index contributed by atoms with van der Waals surface area (Å²) >= 11 is 0. The number of aromatic nitrogens is 3. The minimum absolute atomic E-state index is 0.0114. The third-order valence-corrected chi connectivity index (χ3v) is 2.86. The molecule has 0 saturated heterocycles. The zero-order valence-corrected chi connectivity index (χ0v) is 11.1. The molecule has 112 valence electrons. The van der Waals surface area contributed by atoms with Crippen molar-refractivity contribution in [3.8, 4) is 11.6 Å². The lowest BCUT2D eigenvalue weighted by molar-refractivity contribution is 0.0945. The minimum atomic E-state index is -0.798. The van der Waals surface area contributed by atoms with Gasteiger partial charge < -0.3 is 9.73 Å². The number of nitrogens with one attached hydrogen (secondary N) is 2. The number of H-pyrrole nitrogens is 1. The van der Waals surface area contributed by atoms with Crippen molar-refractivity contribution in [1.82, 2.24) is 20.5 Å². The van der Waals surface area contributed by atoms with Crippen molar-refractivity contribution in [3.05, 3.63) is 59.6 Å². The van der Waals surface area contributed by atoms with Crippen molar-refractivity contribution in [2.45, 2.75) is 6.54 Å². The van der Waals surface area contributed by atoms with E-state index in [2.05, 4.69) is 20.5 Å². The Morgan fingerprint density at radius 1 is 1.32 bits per heavy atom. The Morgan fingerprint density at radius 2 is 2.18 bits per heavy atom. The van der Waals surface area contributed by atoms with E-state index >= 15 is 0 Å². The van der Waals surface area contributed by atoms with Crippen LogP contribution in [0.2, 0.25) is 0 Å². The fraction of sp³-hybridized carbons (Fsp3) is 0.0714. The van der Waals surface area contributed by atoms with E-state index in [-0.39, 0.29) is 12.1 Å².